The number of nitrogens with one attached hydrogen (secondary N) is 1. The quantitative estimate of drug-likeness (QED) is 0.563. The van der Waals surface area contributed by atoms with Gasteiger partial charge in [0.2, 0.25) is 0 Å². The first-order valence-electron chi connectivity index (χ1n) is 10.5. The van der Waals surface area contributed by atoms with Crippen molar-refractivity contribution in [3.8, 4) is 0 Å². The first kappa shape index (κ1) is 26.0. The van der Waals surface area contributed by atoms with E-state index in [0.717, 1.165) is 6.42 Å². The van der Waals surface area contributed by atoms with Crippen LogP contribution in [0.2, 0.25) is 0 Å². The van der Waals surface area contributed by atoms with Gasteiger partial charge in [0.1, 0.15) is 0 Å². The van der Waals surface area contributed by atoms with Crippen molar-refractivity contribution in [1.29, 1.82) is 0 Å². The number of carboxylic acid groups (broad SMARTS) is 1. The van der Waals surface area contributed by atoms with Crippen molar-refractivity contribution in [2.24, 2.45) is 5.92 Å². The third-order valence-electron chi connectivity index (χ3n) is 6.27. The summed E-state index contributed by atoms with van der Waals surface area (Å²) in [5.41, 5.74) is 2.88. The molecule has 0 amide bonds. The van der Waals surface area contributed by atoms with Gasteiger partial charge in [-0.15, -0.1) is 24.8 Å². The summed E-state index contributed by atoms with van der Waals surface area (Å²) in [6.07, 6.45) is 9.76. The van der Waals surface area contributed by atoms with E-state index >= 15 is 0 Å². The Labute approximate surface area is 188 Å². The Bertz CT molecular complexity index is 646. The van der Waals surface area contributed by atoms with E-state index < -0.39 is 5.97 Å². The lowest BCUT2D eigenvalue weighted by atomic mass is 9.90. The lowest BCUT2D eigenvalue weighted by Crippen LogP contribution is -2.42. The number of aliphatic carboxylic acids is 1. The molecule has 2 aliphatic carbocycles. The van der Waals surface area contributed by atoms with Crippen LogP contribution < -0.4 is 5.32 Å². The zero-order chi connectivity index (χ0) is 19.2. The molecule has 0 saturated heterocycles. The summed E-state index contributed by atoms with van der Waals surface area (Å²) in [6.45, 7) is 2.93. The van der Waals surface area contributed by atoms with Crippen molar-refractivity contribution in [3.63, 3.8) is 0 Å². The van der Waals surface area contributed by atoms with Gasteiger partial charge in [0.25, 0.3) is 0 Å². The zero-order valence-electron chi connectivity index (χ0n) is 17.5. The molecule has 2 fully saturated rings. The van der Waals surface area contributed by atoms with E-state index in [1.54, 1.807) is 5.57 Å². The van der Waals surface area contributed by atoms with E-state index in [-0.39, 0.29) is 31.2 Å². The number of nitrogens with zero attached hydrogens (tertiary/aromatic N) is 1. The minimum Gasteiger partial charge on any atom is -0.481 e. The summed E-state index contributed by atoms with van der Waals surface area (Å²) >= 11 is 0. The molecular formula is C23H36Cl2N2O2. The molecule has 4 nitrogen and oxygen atoms in total. The van der Waals surface area contributed by atoms with Crippen molar-refractivity contribution in [3.05, 3.63) is 41.5 Å². The molecule has 2 unspecified atom stereocenters. The van der Waals surface area contributed by atoms with Gasteiger partial charge in [0.15, 0.2) is 0 Å². The number of carboxylic acids is 1. The van der Waals surface area contributed by atoms with Gasteiger partial charge < -0.3 is 15.3 Å². The van der Waals surface area contributed by atoms with Crippen LogP contribution in [0.5, 0.6) is 0 Å². The molecule has 0 bridgehead atoms. The molecule has 2 saturated carbocycles. The molecule has 6 heteroatoms. The SMILES string of the molecule is CC/C(=C\c1ccccc1)C1CC1N[C@H]1CC[C@@H](N(C)CCC(=O)O)CC1.Cl.Cl. The fourth-order valence-electron chi connectivity index (χ4n) is 4.46. The summed E-state index contributed by atoms with van der Waals surface area (Å²) in [5, 5.41) is 12.8. The summed E-state index contributed by atoms with van der Waals surface area (Å²) in [6, 6.07) is 12.5. The van der Waals surface area contributed by atoms with Gasteiger partial charge in [-0.1, -0.05) is 48.9 Å². The molecule has 1 aromatic rings. The molecule has 2 atom stereocenters. The summed E-state index contributed by atoms with van der Waals surface area (Å²) in [5.74, 6) is -0.00145. The van der Waals surface area contributed by atoms with Crippen LogP contribution in [0.15, 0.2) is 35.9 Å². The van der Waals surface area contributed by atoms with Crippen molar-refractivity contribution < 1.29 is 9.90 Å². The van der Waals surface area contributed by atoms with Crippen LogP contribution in [0, 0.1) is 5.92 Å². The first-order valence-corrected chi connectivity index (χ1v) is 10.5. The monoisotopic (exact) mass is 442 g/mol. The van der Waals surface area contributed by atoms with Gasteiger partial charge in [-0.05, 0) is 57.1 Å². The maximum Gasteiger partial charge on any atom is 0.304 e. The van der Waals surface area contributed by atoms with E-state index in [1.807, 2.05) is 0 Å². The predicted molar refractivity (Wildman–Crippen MR) is 125 cm³/mol. The summed E-state index contributed by atoms with van der Waals surface area (Å²) in [4.78, 5) is 13.0. The van der Waals surface area contributed by atoms with Gasteiger partial charge >= 0.3 is 5.97 Å². The first-order chi connectivity index (χ1) is 13.1. The highest BCUT2D eigenvalue weighted by molar-refractivity contribution is 5.85. The van der Waals surface area contributed by atoms with Crippen molar-refractivity contribution in [2.75, 3.05) is 13.6 Å². The lowest BCUT2D eigenvalue weighted by Gasteiger charge is -2.35. The van der Waals surface area contributed by atoms with Crippen molar-refractivity contribution >= 4 is 36.9 Å². The van der Waals surface area contributed by atoms with E-state index in [0.29, 0.717) is 30.6 Å². The number of hydrogen-bond donors (Lipinski definition) is 2. The highest BCUT2D eigenvalue weighted by Crippen LogP contribution is 2.40. The highest BCUT2D eigenvalue weighted by Gasteiger charge is 2.40. The topological polar surface area (TPSA) is 52.6 Å². The summed E-state index contributed by atoms with van der Waals surface area (Å²) < 4.78 is 0. The minimum atomic E-state index is -0.702. The molecule has 3 rings (SSSR count). The van der Waals surface area contributed by atoms with Gasteiger partial charge in [0, 0.05) is 24.7 Å². The maximum absolute atomic E-state index is 10.8. The molecule has 0 aliphatic heterocycles. The van der Waals surface area contributed by atoms with Crippen LogP contribution in [0.25, 0.3) is 6.08 Å². The van der Waals surface area contributed by atoms with E-state index in [9.17, 15) is 4.79 Å². The molecule has 29 heavy (non-hydrogen) atoms. The Balaban J connectivity index is 0.00000210. The molecule has 0 radical (unpaired) electrons. The third kappa shape index (κ3) is 7.93. The number of benzene rings is 1. The number of hydrogen-bond acceptors (Lipinski definition) is 3. The molecule has 2 aliphatic rings. The zero-order valence-corrected chi connectivity index (χ0v) is 19.2. The molecule has 0 heterocycles. The van der Waals surface area contributed by atoms with Crippen LogP contribution in [0.3, 0.4) is 0 Å². The van der Waals surface area contributed by atoms with Crippen LogP contribution in [0.4, 0.5) is 0 Å². The maximum atomic E-state index is 10.8. The Kier molecular flexibility index (Phi) is 11.3. The van der Waals surface area contributed by atoms with Crippen molar-refractivity contribution in [2.45, 2.75) is 70.0 Å². The van der Waals surface area contributed by atoms with Gasteiger partial charge in [-0.2, -0.15) is 0 Å². The Hall–Kier alpha value is -1.07. The average molecular weight is 443 g/mol. The smallest absolute Gasteiger partial charge is 0.304 e. The molecule has 164 valence electrons. The van der Waals surface area contributed by atoms with Gasteiger partial charge in [-0.3, -0.25) is 4.79 Å². The number of carbonyl (C=O) groups is 1. The van der Waals surface area contributed by atoms with Crippen molar-refractivity contribution in [1.82, 2.24) is 10.2 Å². The fourth-order valence-corrected chi connectivity index (χ4v) is 4.46. The Morgan fingerprint density at radius 2 is 1.83 bits per heavy atom. The second-order valence-corrected chi connectivity index (χ2v) is 8.23. The van der Waals surface area contributed by atoms with E-state index in [4.69, 9.17) is 5.11 Å². The highest BCUT2D eigenvalue weighted by atomic mass is 35.5. The van der Waals surface area contributed by atoms with E-state index in [2.05, 4.69) is 60.6 Å². The lowest BCUT2D eigenvalue weighted by molar-refractivity contribution is -0.137. The minimum absolute atomic E-state index is 0. The van der Waals surface area contributed by atoms with E-state index in [1.165, 1.54) is 37.7 Å². The second-order valence-electron chi connectivity index (χ2n) is 8.23. The van der Waals surface area contributed by atoms with Crippen LogP contribution >= 0.6 is 24.8 Å². The van der Waals surface area contributed by atoms with Gasteiger partial charge in [-0.25, -0.2) is 0 Å². The normalized spacial score (nSPS) is 26.4. The summed E-state index contributed by atoms with van der Waals surface area (Å²) in [7, 11) is 2.07. The van der Waals surface area contributed by atoms with Gasteiger partial charge in [0.05, 0.1) is 6.42 Å². The van der Waals surface area contributed by atoms with Crippen LogP contribution in [0.1, 0.15) is 57.4 Å². The van der Waals surface area contributed by atoms with Crippen LogP contribution in [-0.4, -0.2) is 47.7 Å². The second kappa shape index (κ2) is 12.6. The predicted octanol–water partition coefficient (Wildman–Crippen LogP) is 5.02. The molecule has 2 N–H and O–H groups in total. The fraction of sp³-hybridized carbons (Fsp3) is 0.609. The Morgan fingerprint density at radius 1 is 1.17 bits per heavy atom. The average Bonchev–Trinajstić information content (AvgIpc) is 3.44. The largest absolute Gasteiger partial charge is 0.481 e. The number of rotatable bonds is 9. The molecule has 0 spiro atoms. The third-order valence-corrected chi connectivity index (χ3v) is 6.27. The molecule has 0 aromatic heterocycles. The molecule has 1 aromatic carbocycles. The number of halogens is 2. The molecular weight excluding hydrogens is 407 g/mol. The van der Waals surface area contributed by atoms with Crippen LogP contribution in [-0.2, 0) is 4.79 Å². The Morgan fingerprint density at radius 3 is 2.41 bits per heavy atom. The standard InChI is InChI=1S/C23H34N2O2.2ClH/c1-3-18(15-17-7-5-4-6-8-17)21-16-22(21)24-19-9-11-20(12-10-19)25(2)14-13-23(26)27;;/h4-8,15,19-22,24H,3,9-14,16H2,1-2H3,(H,26,27);2*1H/b18-15+;;/t19-,20+,21?,22?;;.